The normalized spacial score (nSPS) is 14.9. The first-order chi connectivity index (χ1) is 11.1. The van der Waals surface area contributed by atoms with Gasteiger partial charge in [-0.2, -0.15) is 0 Å². The number of benzene rings is 1. The molecule has 0 radical (unpaired) electrons. The number of carbonyl (C=O) groups excluding carboxylic acids is 2. The minimum absolute atomic E-state index is 0.00688. The van der Waals surface area contributed by atoms with Gasteiger partial charge in [-0.3, -0.25) is 9.59 Å². The fraction of sp³-hybridized carbons (Fsp3) is 0.250. The standard InChI is InChI=1S/C16H14ClFN2O2S/c17-11-3-4-12(13(18)10-11)15(21)19-5-7-20(8-6-19)16(22)14-2-1-9-23-14/h1-4,9-10H,5-8H2. The first-order valence-corrected chi connectivity index (χ1v) is 8.39. The van der Waals surface area contributed by atoms with Gasteiger partial charge in [0.1, 0.15) is 5.82 Å². The highest BCUT2D eigenvalue weighted by atomic mass is 35.5. The van der Waals surface area contributed by atoms with Crippen LogP contribution in [0.4, 0.5) is 4.39 Å². The Kier molecular flexibility index (Phi) is 4.63. The number of rotatable bonds is 2. The van der Waals surface area contributed by atoms with Crippen molar-refractivity contribution in [3.05, 3.63) is 57.0 Å². The van der Waals surface area contributed by atoms with Crippen LogP contribution in [0.25, 0.3) is 0 Å². The van der Waals surface area contributed by atoms with E-state index in [0.717, 1.165) is 6.07 Å². The van der Waals surface area contributed by atoms with Crippen LogP contribution in [0.1, 0.15) is 20.0 Å². The molecule has 0 N–H and O–H groups in total. The van der Waals surface area contributed by atoms with Crippen LogP contribution < -0.4 is 0 Å². The van der Waals surface area contributed by atoms with E-state index < -0.39 is 5.82 Å². The minimum atomic E-state index is -0.625. The molecule has 1 saturated heterocycles. The van der Waals surface area contributed by atoms with Crippen molar-refractivity contribution in [1.29, 1.82) is 0 Å². The Morgan fingerprint density at radius 1 is 1.04 bits per heavy atom. The summed E-state index contributed by atoms with van der Waals surface area (Å²) in [5.41, 5.74) is 0.00688. The molecule has 2 heterocycles. The van der Waals surface area contributed by atoms with Crippen molar-refractivity contribution in [2.45, 2.75) is 0 Å². The summed E-state index contributed by atoms with van der Waals surface area (Å²) in [7, 11) is 0. The third kappa shape index (κ3) is 3.38. The third-order valence-electron chi connectivity index (χ3n) is 3.75. The van der Waals surface area contributed by atoms with Crippen LogP contribution in [0.5, 0.6) is 0 Å². The molecule has 1 aromatic heterocycles. The monoisotopic (exact) mass is 352 g/mol. The number of halogens is 2. The lowest BCUT2D eigenvalue weighted by molar-refractivity contribution is 0.0535. The van der Waals surface area contributed by atoms with Gasteiger partial charge in [0.15, 0.2) is 0 Å². The SMILES string of the molecule is O=C(c1cccs1)N1CCN(C(=O)c2ccc(Cl)cc2F)CC1. The molecule has 1 aromatic carbocycles. The van der Waals surface area contributed by atoms with E-state index in [0.29, 0.717) is 31.1 Å². The van der Waals surface area contributed by atoms with Crippen LogP contribution >= 0.6 is 22.9 Å². The quantitative estimate of drug-likeness (QED) is 0.833. The zero-order chi connectivity index (χ0) is 16.4. The average Bonchev–Trinajstić information content (AvgIpc) is 3.08. The Bertz CT molecular complexity index is 728. The van der Waals surface area contributed by atoms with E-state index in [9.17, 15) is 14.0 Å². The minimum Gasteiger partial charge on any atom is -0.335 e. The Labute approximate surface area is 142 Å². The highest BCUT2D eigenvalue weighted by Crippen LogP contribution is 2.18. The molecular weight excluding hydrogens is 339 g/mol. The molecule has 0 aliphatic carbocycles. The second-order valence-electron chi connectivity index (χ2n) is 5.19. The fourth-order valence-corrected chi connectivity index (χ4v) is 3.35. The molecule has 0 bridgehead atoms. The molecular formula is C16H14ClFN2O2S. The summed E-state index contributed by atoms with van der Waals surface area (Å²) in [5.74, 6) is -1.02. The Hall–Kier alpha value is -1.92. The smallest absolute Gasteiger partial charge is 0.264 e. The van der Waals surface area contributed by atoms with Crippen LogP contribution in [0.2, 0.25) is 5.02 Å². The van der Waals surface area contributed by atoms with Gasteiger partial charge in [-0.05, 0) is 29.6 Å². The number of hydrogen-bond donors (Lipinski definition) is 0. The fourth-order valence-electron chi connectivity index (χ4n) is 2.50. The number of amides is 2. The Balaban J connectivity index is 1.64. The van der Waals surface area contributed by atoms with Crippen LogP contribution in [0.3, 0.4) is 0 Å². The molecule has 4 nitrogen and oxygen atoms in total. The number of piperazine rings is 1. The van der Waals surface area contributed by atoms with E-state index in [1.807, 2.05) is 11.4 Å². The third-order valence-corrected chi connectivity index (χ3v) is 4.84. The summed E-state index contributed by atoms with van der Waals surface area (Å²) in [6.07, 6.45) is 0. The molecule has 0 saturated carbocycles. The van der Waals surface area contributed by atoms with E-state index in [1.54, 1.807) is 15.9 Å². The summed E-state index contributed by atoms with van der Waals surface area (Å²) >= 11 is 7.10. The summed E-state index contributed by atoms with van der Waals surface area (Å²) < 4.78 is 13.9. The number of nitrogens with zero attached hydrogens (tertiary/aromatic N) is 2. The predicted octanol–water partition coefficient (Wildman–Crippen LogP) is 3.14. The lowest BCUT2D eigenvalue weighted by Gasteiger charge is -2.34. The van der Waals surface area contributed by atoms with Gasteiger partial charge in [0.2, 0.25) is 0 Å². The second kappa shape index (κ2) is 6.68. The lowest BCUT2D eigenvalue weighted by Crippen LogP contribution is -2.50. The summed E-state index contributed by atoms with van der Waals surface area (Å²) in [6.45, 7) is 1.66. The highest BCUT2D eigenvalue weighted by Gasteiger charge is 2.27. The van der Waals surface area contributed by atoms with Gasteiger partial charge in [0.25, 0.3) is 11.8 Å². The van der Waals surface area contributed by atoms with E-state index in [4.69, 9.17) is 11.6 Å². The van der Waals surface area contributed by atoms with Crippen molar-refractivity contribution >= 4 is 34.8 Å². The average molecular weight is 353 g/mol. The summed E-state index contributed by atoms with van der Waals surface area (Å²) in [4.78, 5) is 28.6. The van der Waals surface area contributed by atoms with Crippen molar-refractivity contribution in [2.24, 2.45) is 0 Å². The first-order valence-electron chi connectivity index (χ1n) is 7.13. The van der Waals surface area contributed by atoms with Crippen molar-refractivity contribution in [3.8, 4) is 0 Å². The molecule has 0 atom stereocenters. The van der Waals surface area contributed by atoms with Gasteiger partial charge in [0.05, 0.1) is 10.4 Å². The molecule has 23 heavy (non-hydrogen) atoms. The highest BCUT2D eigenvalue weighted by molar-refractivity contribution is 7.12. The van der Waals surface area contributed by atoms with E-state index in [2.05, 4.69) is 0 Å². The molecule has 7 heteroatoms. The maximum absolute atomic E-state index is 13.9. The van der Waals surface area contributed by atoms with Crippen LogP contribution in [-0.2, 0) is 0 Å². The molecule has 1 fully saturated rings. The maximum atomic E-state index is 13.9. The van der Waals surface area contributed by atoms with Gasteiger partial charge < -0.3 is 9.80 Å². The van der Waals surface area contributed by atoms with Gasteiger partial charge in [-0.15, -0.1) is 11.3 Å². The van der Waals surface area contributed by atoms with Crippen molar-refractivity contribution < 1.29 is 14.0 Å². The molecule has 3 rings (SSSR count). The molecule has 1 aliphatic heterocycles. The van der Waals surface area contributed by atoms with Gasteiger partial charge >= 0.3 is 0 Å². The topological polar surface area (TPSA) is 40.6 Å². The van der Waals surface area contributed by atoms with Crippen molar-refractivity contribution in [2.75, 3.05) is 26.2 Å². The largest absolute Gasteiger partial charge is 0.335 e. The van der Waals surface area contributed by atoms with Gasteiger partial charge in [-0.25, -0.2) is 4.39 Å². The summed E-state index contributed by atoms with van der Waals surface area (Å²) in [5, 5.41) is 2.11. The second-order valence-corrected chi connectivity index (χ2v) is 6.57. The summed E-state index contributed by atoms with van der Waals surface area (Å²) in [6, 6.07) is 7.64. The van der Waals surface area contributed by atoms with Crippen molar-refractivity contribution in [3.63, 3.8) is 0 Å². The zero-order valence-corrected chi connectivity index (χ0v) is 13.7. The van der Waals surface area contributed by atoms with Crippen molar-refractivity contribution in [1.82, 2.24) is 9.80 Å². The number of carbonyl (C=O) groups is 2. The number of thiophene rings is 1. The lowest BCUT2D eigenvalue weighted by atomic mass is 10.1. The first kappa shape index (κ1) is 16.0. The molecule has 120 valence electrons. The van der Waals surface area contributed by atoms with Crippen LogP contribution in [0, 0.1) is 5.82 Å². The van der Waals surface area contributed by atoms with E-state index >= 15 is 0 Å². The molecule has 0 unspecified atom stereocenters. The Morgan fingerprint density at radius 2 is 1.70 bits per heavy atom. The van der Waals surface area contributed by atoms with E-state index in [-0.39, 0.29) is 22.4 Å². The molecule has 0 spiro atoms. The van der Waals surface area contributed by atoms with Gasteiger partial charge in [-0.1, -0.05) is 17.7 Å². The predicted molar refractivity (Wildman–Crippen MR) is 87.5 cm³/mol. The zero-order valence-electron chi connectivity index (χ0n) is 12.2. The van der Waals surface area contributed by atoms with E-state index in [1.165, 1.54) is 23.5 Å². The van der Waals surface area contributed by atoms with Crippen LogP contribution in [-0.4, -0.2) is 47.8 Å². The molecule has 2 amide bonds. The Morgan fingerprint density at radius 3 is 2.26 bits per heavy atom. The van der Waals surface area contributed by atoms with Crippen LogP contribution in [0.15, 0.2) is 35.7 Å². The number of hydrogen-bond acceptors (Lipinski definition) is 3. The molecule has 2 aromatic rings. The van der Waals surface area contributed by atoms with Gasteiger partial charge in [0, 0.05) is 31.2 Å². The molecule has 1 aliphatic rings. The maximum Gasteiger partial charge on any atom is 0.264 e.